The van der Waals surface area contributed by atoms with Crippen LogP contribution < -0.4 is 5.32 Å². The van der Waals surface area contributed by atoms with Gasteiger partial charge in [-0.05, 0) is 11.3 Å². The van der Waals surface area contributed by atoms with E-state index >= 15 is 0 Å². The Kier molecular flexibility index (Phi) is 5.09. The Morgan fingerprint density at radius 3 is 2.14 bits per heavy atom. The van der Waals surface area contributed by atoms with Gasteiger partial charge < -0.3 is 5.32 Å². The molecule has 0 aromatic rings. The van der Waals surface area contributed by atoms with E-state index in [1.807, 2.05) is 0 Å². The highest BCUT2D eigenvalue weighted by Crippen LogP contribution is 2.24. The molecule has 3 nitrogen and oxygen atoms in total. The van der Waals surface area contributed by atoms with Crippen molar-refractivity contribution in [2.75, 3.05) is 25.1 Å². The smallest absolute Gasteiger partial charge is 0.148 e. The minimum Gasteiger partial charge on any atom is -0.315 e. The molecule has 0 amide bonds. The summed E-state index contributed by atoms with van der Waals surface area (Å²) in [6, 6.07) is 0. The van der Waals surface area contributed by atoms with Gasteiger partial charge in [-0.1, -0.05) is 27.7 Å². The lowest BCUT2D eigenvalue weighted by Gasteiger charge is -2.29. The average molecular weight is 221 g/mol. The van der Waals surface area contributed by atoms with Crippen LogP contribution in [0.15, 0.2) is 0 Å². The van der Waals surface area contributed by atoms with Crippen LogP contribution in [0.4, 0.5) is 0 Å². The molecule has 0 aliphatic heterocycles. The molecule has 1 N–H and O–H groups in total. The third-order valence-electron chi connectivity index (χ3n) is 2.79. The Labute approximate surface area is 88.2 Å². The topological polar surface area (TPSA) is 46.2 Å². The van der Waals surface area contributed by atoms with Gasteiger partial charge in [0.25, 0.3) is 0 Å². The summed E-state index contributed by atoms with van der Waals surface area (Å²) in [5.41, 5.74) is 0.220. The second-order valence-electron chi connectivity index (χ2n) is 4.95. The molecule has 0 bridgehead atoms. The SMILES string of the molecule is CC(C)C(C)(C)CNCCS(C)(=O)=O. The van der Waals surface area contributed by atoms with Gasteiger partial charge in [0.05, 0.1) is 5.75 Å². The van der Waals surface area contributed by atoms with E-state index in [0.717, 1.165) is 6.54 Å². The summed E-state index contributed by atoms with van der Waals surface area (Å²) in [6.45, 7) is 10.1. The van der Waals surface area contributed by atoms with Crippen LogP contribution in [0.25, 0.3) is 0 Å². The van der Waals surface area contributed by atoms with Crippen LogP contribution in [0, 0.1) is 11.3 Å². The minimum absolute atomic E-state index is 0.220. The summed E-state index contributed by atoms with van der Waals surface area (Å²) in [4.78, 5) is 0. The van der Waals surface area contributed by atoms with Crippen molar-refractivity contribution in [3.63, 3.8) is 0 Å². The van der Waals surface area contributed by atoms with Crippen molar-refractivity contribution in [1.82, 2.24) is 5.32 Å². The molecule has 0 fully saturated rings. The van der Waals surface area contributed by atoms with Crippen molar-refractivity contribution in [1.29, 1.82) is 0 Å². The fourth-order valence-corrected chi connectivity index (χ4v) is 1.39. The monoisotopic (exact) mass is 221 g/mol. The average Bonchev–Trinajstić information content (AvgIpc) is 1.96. The molecule has 0 atom stereocenters. The van der Waals surface area contributed by atoms with Gasteiger partial charge in [-0.15, -0.1) is 0 Å². The molecule has 0 spiro atoms. The number of sulfone groups is 1. The predicted octanol–water partition coefficient (Wildman–Crippen LogP) is 1.30. The van der Waals surface area contributed by atoms with E-state index in [9.17, 15) is 8.42 Å². The van der Waals surface area contributed by atoms with Crippen molar-refractivity contribution in [3.8, 4) is 0 Å². The summed E-state index contributed by atoms with van der Waals surface area (Å²) in [5, 5.41) is 3.18. The lowest BCUT2D eigenvalue weighted by atomic mass is 9.81. The molecule has 0 saturated carbocycles. The van der Waals surface area contributed by atoms with E-state index in [1.165, 1.54) is 6.26 Å². The fourth-order valence-electron chi connectivity index (χ4n) is 0.872. The van der Waals surface area contributed by atoms with Crippen molar-refractivity contribution in [2.24, 2.45) is 11.3 Å². The van der Waals surface area contributed by atoms with Crippen LogP contribution in [-0.2, 0) is 9.84 Å². The number of rotatable bonds is 6. The molecule has 14 heavy (non-hydrogen) atoms. The Morgan fingerprint density at radius 1 is 1.29 bits per heavy atom. The molecular weight excluding hydrogens is 198 g/mol. The maximum atomic E-state index is 10.8. The van der Waals surface area contributed by atoms with Crippen molar-refractivity contribution in [2.45, 2.75) is 27.7 Å². The van der Waals surface area contributed by atoms with E-state index in [1.54, 1.807) is 0 Å². The van der Waals surface area contributed by atoms with Gasteiger partial charge >= 0.3 is 0 Å². The van der Waals surface area contributed by atoms with Gasteiger partial charge in [0.15, 0.2) is 0 Å². The van der Waals surface area contributed by atoms with E-state index in [0.29, 0.717) is 12.5 Å². The van der Waals surface area contributed by atoms with Gasteiger partial charge in [-0.3, -0.25) is 0 Å². The highest BCUT2D eigenvalue weighted by Gasteiger charge is 2.21. The highest BCUT2D eigenvalue weighted by atomic mass is 32.2. The first kappa shape index (κ1) is 13.9. The van der Waals surface area contributed by atoms with Crippen molar-refractivity contribution >= 4 is 9.84 Å². The van der Waals surface area contributed by atoms with Gasteiger partial charge in [0.1, 0.15) is 9.84 Å². The van der Waals surface area contributed by atoms with E-state index in [-0.39, 0.29) is 11.2 Å². The summed E-state index contributed by atoms with van der Waals surface area (Å²) in [7, 11) is -2.82. The quantitative estimate of drug-likeness (QED) is 0.688. The summed E-state index contributed by atoms with van der Waals surface area (Å²) < 4.78 is 21.7. The van der Waals surface area contributed by atoms with Gasteiger partial charge in [-0.25, -0.2) is 8.42 Å². The maximum absolute atomic E-state index is 10.8. The van der Waals surface area contributed by atoms with Crippen LogP contribution in [0.5, 0.6) is 0 Å². The first-order chi connectivity index (χ1) is 6.15. The van der Waals surface area contributed by atoms with Gasteiger partial charge in [0, 0.05) is 19.3 Å². The molecule has 0 aliphatic carbocycles. The molecule has 0 aliphatic rings. The Balaban J connectivity index is 3.76. The molecule has 0 saturated heterocycles. The summed E-state index contributed by atoms with van der Waals surface area (Å²) in [6.07, 6.45) is 1.27. The Hall–Kier alpha value is -0.0900. The maximum Gasteiger partial charge on any atom is 0.148 e. The van der Waals surface area contributed by atoms with E-state index in [4.69, 9.17) is 0 Å². The first-order valence-electron chi connectivity index (χ1n) is 5.03. The predicted molar refractivity (Wildman–Crippen MR) is 61.2 cm³/mol. The summed E-state index contributed by atoms with van der Waals surface area (Å²) in [5.74, 6) is 0.814. The van der Waals surface area contributed by atoms with Crippen LogP contribution in [0.1, 0.15) is 27.7 Å². The van der Waals surface area contributed by atoms with Crippen molar-refractivity contribution < 1.29 is 8.42 Å². The Morgan fingerprint density at radius 2 is 1.79 bits per heavy atom. The third-order valence-corrected chi connectivity index (χ3v) is 3.74. The first-order valence-corrected chi connectivity index (χ1v) is 7.09. The van der Waals surface area contributed by atoms with E-state index < -0.39 is 9.84 Å². The molecule has 0 aromatic carbocycles. The second kappa shape index (κ2) is 5.12. The highest BCUT2D eigenvalue weighted by molar-refractivity contribution is 7.90. The van der Waals surface area contributed by atoms with Crippen LogP contribution in [0.2, 0.25) is 0 Å². The lowest BCUT2D eigenvalue weighted by Crippen LogP contribution is -2.35. The van der Waals surface area contributed by atoms with Crippen LogP contribution in [-0.4, -0.2) is 33.5 Å². The molecule has 86 valence electrons. The third kappa shape index (κ3) is 6.38. The number of hydrogen-bond acceptors (Lipinski definition) is 3. The van der Waals surface area contributed by atoms with Crippen molar-refractivity contribution in [3.05, 3.63) is 0 Å². The normalized spacial score (nSPS) is 13.6. The van der Waals surface area contributed by atoms with Crippen LogP contribution in [0.3, 0.4) is 0 Å². The zero-order valence-electron chi connectivity index (χ0n) is 9.92. The zero-order valence-corrected chi connectivity index (χ0v) is 10.7. The van der Waals surface area contributed by atoms with Gasteiger partial charge in [-0.2, -0.15) is 0 Å². The molecule has 4 heteroatoms. The zero-order chi connectivity index (χ0) is 11.4. The van der Waals surface area contributed by atoms with Crippen LogP contribution >= 0.6 is 0 Å². The molecule has 0 unspecified atom stereocenters. The lowest BCUT2D eigenvalue weighted by molar-refractivity contribution is 0.240. The largest absolute Gasteiger partial charge is 0.315 e. The molecule has 0 heterocycles. The second-order valence-corrected chi connectivity index (χ2v) is 7.21. The minimum atomic E-state index is -2.82. The standard InChI is InChI=1S/C10H23NO2S/c1-9(2)10(3,4)8-11-6-7-14(5,12)13/h9,11H,6-8H2,1-5H3. The molecular formula is C10H23NO2S. The molecule has 0 rings (SSSR count). The number of nitrogens with one attached hydrogen (secondary N) is 1. The number of hydrogen-bond donors (Lipinski definition) is 1. The summed E-state index contributed by atoms with van der Waals surface area (Å²) >= 11 is 0. The fraction of sp³-hybridized carbons (Fsp3) is 1.00. The van der Waals surface area contributed by atoms with Gasteiger partial charge in [0.2, 0.25) is 0 Å². The van der Waals surface area contributed by atoms with E-state index in [2.05, 4.69) is 33.0 Å². The Bertz CT molecular complexity index is 255. The molecule has 0 aromatic heterocycles. The molecule has 0 radical (unpaired) electrons.